The van der Waals surface area contributed by atoms with Gasteiger partial charge in [-0.15, -0.1) is 0 Å². The predicted octanol–water partition coefficient (Wildman–Crippen LogP) is 4.21. The van der Waals surface area contributed by atoms with Crippen molar-refractivity contribution in [3.63, 3.8) is 0 Å². The minimum Gasteiger partial charge on any atom is -0.496 e. The summed E-state index contributed by atoms with van der Waals surface area (Å²) in [6.45, 7) is 2.37. The summed E-state index contributed by atoms with van der Waals surface area (Å²) >= 11 is 0. The van der Waals surface area contributed by atoms with Gasteiger partial charge in [0.15, 0.2) is 0 Å². The molecule has 1 aromatic carbocycles. The first-order valence-electron chi connectivity index (χ1n) is 7.35. The van der Waals surface area contributed by atoms with E-state index >= 15 is 0 Å². The Bertz CT molecular complexity index is 473. The van der Waals surface area contributed by atoms with Gasteiger partial charge in [-0.25, -0.2) is 0 Å². The summed E-state index contributed by atoms with van der Waals surface area (Å²) in [5.74, 6) is -0.519. The second-order valence-corrected chi connectivity index (χ2v) is 5.74. The molecule has 1 aliphatic rings. The second-order valence-electron chi connectivity index (χ2n) is 5.74. The number of hydrogen-bond donors (Lipinski definition) is 1. The van der Waals surface area contributed by atoms with Crippen molar-refractivity contribution in [3.05, 3.63) is 29.3 Å². The summed E-state index contributed by atoms with van der Waals surface area (Å²) in [6, 6.07) is 5.25. The topological polar surface area (TPSA) is 21.3 Å². The van der Waals surface area contributed by atoms with E-state index in [1.54, 1.807) is 7.11 Å². The van der Waals surface area contributed by atoms with Crippen molar-refractivity contribution in [3.8, 4) is 5.75 Å². The van der Waals surface area contributed by atoms with Gasteiger partial charge in [0.2, 0.25) is 0 Å². The van der Waals surface area contributed by atoms with Gasteiger partial charge in [-0.1, -0.05) is 30.5 Å². The maximum Gasteiger partial charge on any atom is 0.393 e. The summed E-state index contributed by atoms with van der Waals surface area (Å²) in [6.07, 6.45) is -1.79. The molecule has 0 heterocycles. The van der Waals surface area contributed by atoms with Gasteiger partial charge in [0.25, 0.3) is 0 Å². The van der Waals surface area contributed by atoms with Gasteiger partial charge in [0.1, 0.15) is 5.75 Å². The molecule has 2 atom stereocenters. The molecule has 5 heteroatoms. The maximum absolute atomic E-state index is 13.1. The third-order valence-electron chi connectivity index (χ3n) is 4.18. The minimum absolute atomic E-state index is 0.228. The molecule has 0 radical (unpaired) electrons. The Morgan fingerprint density at radius 1 is 1.24 bits per heavy atom. The van der Waals surface area contributed by atoms with Crippen LogP contribution < -0.4 is 10.1 Å². The number of halogens is 3. The molecule has 2 nitrogen and oxygen atoms in total. The van der Waals surface area contributed by atoms with Crippen molar-refractivity contribution >= 4 is 0 Å². The lowest BCUT2D eigenvalue weighted by Crippen LogP contribution is -2.45. The number of hydrogen-bond acceptors (Lipinski definition) is 2. The summed E-state index contributed by atoms with van der Waals surface area (Å²) in [7, 11) is 1.58. The third-order valence-corrected chi connectivity index (χ3v) is 4.18. The van der Waals surface area contributed by atoms with E-state index in [9.17, 15) is 13.2 Å². The first-order chi connectivity index (χ1) is 9.91. The summed E-state index contributed by atoms with van der Waals surface area (Å²) in [4.78, 5) is 0. The van der Waals surface area contributed by atoms with Gasteiger partial charge >= 0.3 is 6.18 Å². The molecule has 1 aliphatic carbocycles. The Kier molecular flexibility index (Phi) is 5.14. The number of nitrogens with one attached hydrogen (secondary N) is 1. The highest BCUT2D eigenvalue weighted by molar-refractivity contribution is 5.36. The molecule has 0 amide bonds. The minimum atomic E-state index is -4.12. The first kappa shape index (κ1) is 16.1. The van der Waals surface area contributed by atoms with E-state index in [0.29, 0.717) is 25.1 Å². The van der Waals surface area contributed by atoms with Crippen LogP contribution in [-0.4, -0.2) is 19.3 Å². The fraction of sp³-hybridized carbons (Fsp3) is 0.625. The van der Waals surface area contributed by atoms with Gasteiger partial charge in [0.05, 0.1) is 13.0 Å². The molecule has 1 N–H and O–H groups in total. The molecule has 1 fully saturated rings. The number of aryl methyl sites for hydroxylation is 1. The van der Waals surface area contributed by atoms with E-state index in [1.807, 2.05) is 25.1 Å². The monoisotopic (exact) mass is 301 g/mol. The average molecular weight is 301 g/mol. The Balaban J connectivity index is 2.05. The number of alkyl halides is 3. The highest BCUT2D eigenvalue weighted by atomic mass is 19.4. The molecule has 1 saturated carbocycles. The van der Waals surface area contributed by atoms with E-state index in [2.05, 4.69) is 5.32 Å². The van der Waals surface area contributed by atoms with E-state index in [4.69, 9.17) is 4.74 Å². The number of rotatable bonds is 4. The van der Waals surface area contributed by atoms with Gasteiger partial charge in [-0.2, -0.15) is 13.2 Å². The van der Waals surface area contributed by atoms with Gasteiger partial charge < -0.3 is 10.1 Å². The molecule has 2 rings (SSSR count). The van der Waals surface area contributed by atoms with Crippen molar-refractivity contribution in [1.29, 1.82) is 0 Å². The van der Waals surface area contributed by atoms with Crippen molar-refractivity contribution in [2.75, 3.05) is 7.11 Å². The summed E-state index contributed by atoms with van der Waals surface area (Å²) in [5.41, 5.74) is 1.98. The largest absolute Gasteiger partial charge is 0.496 e. The lowest BCUT2D eigenvalue weighted by Gasteiger charge is -2.33. The summed E-state index contributed by atoms with van der Waals surface area (Å²) in [5, 5.41) is 3.10. The van der Waals surface area contributed by atoms with Crippen LogP contribution in [0.2, 0.25) is 0 Å². The van der Waals surface area contributed by atoms with Crippen LogP contribution in [0.3, 0.4) is 0 Å². The smallest absolute Gasteiger partial charge is 0.393 e. The van der Waals surface area contributed by atoms with Crippen LogP contribution in [0.1, 0.15) is 36.8 Å². The fourth-order valence-electron chi connectivity index (χ4n) is 3.05. The van der Waals surface area contributed by atoms with E-state index in [1.165, 1.54) is 0 Å². The standard InChI is InChI=1S/C16H22F3NO/c1-11-7-8-15(21-2)12(9-11)10-20-14-6-4-3-5-13(14)16(17,18)19/h7-9,13-14,20H,3-6,10H2,1-2H3. The lowest BCUT2D eigenvalue weighted by molar-refractivity contribution is -0.189. The quantitative estimate of drug-likeness (QED) is 0.899. The van der Waals surface area contributed by atoms with Crippen LogP contribution in [-0.2, 0) is 6.54 Å². The Labute approximate surface area is 123 Å². The first-order valence-corrected chi connectivity index (χ1v) is 7.35. The number of ether oxygens (including phenoxy) is 1. The normalized spacial score (nSPS) is 23.1. The van der Waals surface area contributed by atoms with Crippen LogP contribution in [0.5, 0.6) is 5.75 Å². The Hall–Kier alpha value is -1.23. The van der Waals surface area contributed by atoms with Gasteiger partial charge in [-0.05, 0) is 25.8 Å². The zero-order valence-corrected chi connectivity index (χ0v) is 12.5. The molecule has 0 saturated heterocycles. The SMILES string of the molecule is COc1ccc(C)cc1CNC1CCCCC1C(F)(F)F. The highest BCUT2D eigenvalue weighted by Gasteiger charge is 2.45. The van der Waals surface area contributed by atoms with Crippen molar-refractivity contribution < 1.29 is 17.9 Å². The molecule has 0 spiro atoms. The van der Waals surface area contributed by atoms with E-state index in [0.717, 1.165) is 17.5 Å². The molecule has 2 unspecified atom stereocenters. The third kappa shape index (κ3) is 4.13. The summed E-state index contributed by atoms with van der Waals surface area (Å²) < 4.78 is 44.5. The van der Waals surface area contributed by atoms with Gasteiger partial charge in [0, 0.05) is 18.2 Å². The van der Waals surface area contributed by atoms with E-state index < -0.39 is 18.1 Å². The van der Waals surface area contributed by atoms with Crippen molar-refractivity contribution in [1.82, 2.24) is 5.32 Å². The molecule has 0 bridgehead atoms. The predicted molar refractivity (Wildman–Crippen MR) is 76.4 cm³/mol. The fourth-order valence-corrected chi connectivity index (χ4v) is 3.05. The highest BCUT2D eigenvalue weighted by Crippen LogP contribution is 2.38. The molecule has 0 aliphatic heterocycles. The molecular weight excluding hydrogens is 279 g/mol. The van der Waals surface area contributed by atoms with E-state index in [-0.39, 0.29) is 6.42 Å². The van der Waals surface area contributed by atoms with Crippen LogP contribution >= 0.6 is 0 Å². The maximum atomic E-state index is 13.1. The van der Waals surface area contributed by atoms with Crippen molar-refractivity contribution in [2.24, 2.45) is 5.92 Å². The molecule has 118 valence electrons. The zero-order valence-electron chi connectivity index (χ0n) is 12.5. The van der Waals surface area contributed by atoms with Crippen LogP contribution in [0.25, 0.3) is 0 Å². The average Bonchev–Trinajstić information content (AvgIpc) is 2.44. The second kappa shape index (κ2) is 6.69. The van der Waals surface area contributed by atoms with Crippen LogP contribution in [0, 0.1) is 12.8 Å². The van der Waals surface area contributed by atoms with Crippen molar-refractivity contribution in [2.45, 2.75) is 51.4 Å². The van der Waals surface area contributed by atoms with Crippen LogP contribution in [0.15, 0.2) is 18.2 Å². The Morgan fingerprint density at radius 3 is 2.62 bits per heavy atom. The van der Waals surface area contributed by atoms with Gasteiger partial charge in [-0.3, -0.25) is 0 Å². The van der Waals surface area contributed by atoms with Crippen LogP contribution in [0.4, 0.5) is 13.2 Å². The molecule has 21 heavy (non-hydrogen) atoms. The zero-order chi connectivity index (χ0) is 15.5. The molecular formula is C16H22F3NO. The molecule has 1 aromatic rings. The lowest BCUT2D eigenvalue weighted by atomic mass is 9.84. The number of methoxy groups -OCH3 is 1. The molecule has 0 aromatic heterocycles. The Morgan fingerprint density at radius 2 is 1.95 bits per heavy atom. The number of benzene rings is 1.